The van der Waals surface area contributed by atoms with Crippen LogP contribution in [-0.2, 0) is 0 Å². The molecule has 1 aliphatic heterocycles. The van der Waals surface area contributed by atoms with Gasteiger partial charge in [0, 0.05) is 12.6 Å². The quantitative estimate of drug-likeness (QED) is 0.803. The van der Waals surface area contributed by atoms with Crippen LogP contribution in [0.3, 0.4) is 0 Å². The fourth-order valence-electron chi connectivity index (χ4n) is 1.73. The van der Waals surface area contributed by atoms with E-state index in [9.17, 15) is 13.2 Å². The molecule has 16 heavy (non-hydrogen) atoms. The van der Waals surface area contributed by atoms with E-state index in [0.717, 1.165) is 25.9 Å². The highest BCUT2D eigenvalue weighted by Crippen LogP contribution is 2.25. The third-order valence-electron chi connectivity index (χ3n) is 2.88. The van der Waals surface area contributed by atoms with Gasteiger partial charge in [-0.2, -0.15) is 18.4 Å². The Morgan fingerprint density at radius 2 is 2.00 bits per heavy atom. The van der Waals surface area contributed by atoms with Crippen molar-refractivity contribution < 1.29 is 13.2 Å². The van der Waals surface area contributed by atoms with Gasteiger partial charge in [0.15, 0.2) is 5.92 Å². The van der Waals surface area contributed by atoms with E-state index in [-0.39, 0.29) is 12.6 Å². The monoisotopic (exact) mass is 235 g/mol. The number of nitriles is 1. The zero-order chi connectivity index (χ0) is 12.2. The fraction of sp³-hybridized carbons (Fsp3) is 0.900. The van der Waals surface area contributed by atoms with Crippen LogP contribution in [0.15, 0.2) is 0 Å². The molecule has 1 heterocycles. The minimum atomic E-state index is -4.42. The molecule has 0 aromatic heterocycles. The van der Waals surface area contributed by atoms with Gasteiger partial charge in [-0.05, 0) is 33.0 Å². The van der Waals surface area contributed by atoms with Crippen LogP contribution in [0.1, 0.15) is 12.8 Å². The van der Waals surface area contributed by atoms with Crippen LogP contribution in [0.5, 0.6) is 0 Å². The van der Waals surface area contributed by atoms with E-state index in [1.165, 1.54) is 6.07 Å². The second-order valence-electron chi connectivity index (χ2n) is 4.21. The fourth-order valence-corrected chi connectivity index (χ4v) is 1.73. The molecule has 3 nitrogen and oxygen atoms in total. The van der Waals surface area contributed by atoms with Crippen molar-refractivity contribution in [1.29, 1.82) is 5.26 Å². The minimum absolute atomic E-state index is 0.106. The van der Waals surface area contributed by atoms with Crippen LogP contribution in [0.25, 0.3) is 0 Å². The number of nitrogens with zero attached hydrogens (tertiary/aromatic N) is 2. The van der Waals surface area contributed by atoms with Crippen molar-refractivity contribution in [3.8, 4) is 6.07 Å². The summed E-state index contributed by atoms with van der Waals surface area (Å²) in [7, 11) is 1.99. The molecule has 6 heteroatoms. The van der Waals surface area contributed by atoms with Crippen LogP contribution in [0.4, 0.5) is 13.2 Å². The molecule has 0 saturated carbocycles. The molecule has 0 aliphatic carbocycles. The number of rotatable bonds is 3. The molecule has 1 saturated heterocycles. The average Bonchev–Trinajstić information content (AvgIpc) is 2.19. The Labute approximate surface area is 93.2 Å². The number of hydrogen-bond acceptors (Lipinski definition) is 3. The number of halogens is 3. The molecule has 0 bridgehead atoms. The van der Waals surface area contributed by atoms with Crippen LogP contribution in [0.2, 0.25) is 0 Å². The molecule has 1 atom stereocenters. The summed E-state index contributed by atoms with van der Waals surface area (Å²) in [6.07, 6.45) is -2.74. The lowest BCUT2D eigenvalue weighted by atomic mass is 10.0. The number of nitrogens with one attached hydrogen (secondary N) is 1. The van der Waals surface area contributed by atoms with E-state index in [0.29, 0.717) is 0 Å². The Hall–Kier alpha value is -0.800. The average molecular weight is 235 g/mol. The summed E-state index contributed by atoms with van der Waals surface area (Å²) >= 11 is 0. The molecule has 0 aromatic carbocycles. The van der Waals surface area contributed by atoms with Crippen molar-refractivity contribution in [2.24, 2.45) is 5.92 Å². The molecule has 0 amide bonds. The molecule has 1 N–H and O–H groups in total. The summed E-state index contributed by atoms with van der Waals surface area (Å²) in [4.78, 5) is 2.14. The Morgan fingerprint density at radius 1 is 1.44 bits per heavy atom. The molecule has 1 aliphatic rings. The molecule has 1 unspecified atom stereocenters. The van der Waals surface area contributed by atoms with Gasteiger partial charge in [-0.3, -0.25) is 0 Å². The van der Waals surface area contributed by atoms with E-state index in [2.05, 4.69) is 10.2 Å². The van der Waals surface area contributed by atoms with Crippen molar-refractivity contribution in [2.75, 3.05) is 26.7 Å². The summed E-state index contributed by atoms with van der Waals surface area (Å²) in [6, 6.07) is 1.40. The standard InChI is InChI=1S/C10H16F3N3/c1-16-4-2-9(3-5-16)15-7-8(6-14)10(11,12)13/h8-9,15H,2-5,7H2,1H3. The summed E-state index contributed by atoms with van der Waals surface area (Å²) in [5.74, 6) is -1.90. The maximum atomic E-state index is 12.3. The van der Waals surface area contributed by atoms with Crippen molar-refractivity contribution >= 4 is 0 Å². The van der Waals surface area contributed by atoms with Gasteiger partial charge in [-0.15, -0.1) is 0 Å². The maximum Gasteiger partial charge on any atom is 0.405 e. The third kappa shape index (κ3) is 3.99. The van der Waals surface area contributed by atoms with Gasteiger partial charge in [-0.1, -0.05) is 0 Å². The van der Waals surface area contributed by atoms with Gasteiger partial charge in [0.05, 0.1) is 6.07 Å². The first kappa shape index (κ1) is 13.3. The largest absolute Gasteiger partial charge is 0.405 e. The Kier molecular flexibility index (Phi) is 4.56. The van der Waals surface area contributed by atoms with Crippen LogP contribution >= 0.6 is 0 Å². The Balaban J connectivity index is 2.31. The SMILES string of the molecule is CN1CCC(NCC(C#N)C(F)(F)F)CC1. The van der Waals surface area contributed by atoms with Crippen LogP contribution < -0.4 is 5.32 Å². The number of piperidine rings is 1. The lowest BCUT2D eigenvalue weighted by Crippen LogP contribution is -2.44. The summed E-state index contributed by atoms with van der Waals surface area (Å²) in [6.45, 7) is 1.48. The van der Waals surface area contributed by atoms with E-state index in [1.54, 1.807) is 0 Å². The zero-order valence-electron chi connectivity index (χ0n) is 9.22. The molecule has 0 aromatic rings. The van der Waals surface area contributed by atoms with Gasteiger partial charge in [-0.25, -0.2) is 0 Å². The number of likely N-dealkylation sites (tertiary alicyclic amines) is 1. The third-order valence-corrected chi connectivity index (χ3v) is 2.88. The first-order valence-electron chi connectivity index (χ1n) is 5.31. The normalized spacial score (nSPS) is 21.7. The highest BCUT2D eigenvalue weighted by atomic mass is 19.4. The zero-order valence-corrected chi connectivity index (χ0v) is 9.22. The van der Waals surface area contributed by atoms with Crippen molar-refractivity contribution in [3.63, 3.8) is 0 Å². The van der Waals surface area contributed by atoms with Crippen LogP contribution in [-0.4, -0.2) is 43.8 Å². The molecule has 1 fully saturated rings. The highest BCUT2D eigenvalue weighted by molar-refractivity contribution is 4.91. The Bertz CT molecular complexity index is 251. The lowest BCUT2D eigenvalue weighted by molar-refractivity contribution is -0.158. The summed E-state index contributed by atoms with van der Waals surface area (Å²) in [5.41, 5.74) is 0. The first-order valence-corrected chi connectivity index (χ1v) is 5.31. The minimum Gasteiger partial charge on any atom is -0.312 e. The second kappa shape index (κ2) is 5.51. The molecule has 0 spiro atoms. The predicted octanol–water partition coefficient (Wildman–Crippen LogP) is 1.37. The summed E-state index contributed by atoms with van der Waals surface area (Å²) < 4.78 is 36.8. The van der Waals surface area contributed by atoms with Gasteiger partial charge in [0.2, 0.25) is 0 Å². The number of alkyl halides is 3. The van der Waals surface area contributed by atoms with Gasteiger partial charge >= 0.3 is 6.18 Å². The highest BCUT2D eigenvalue weighted by Gasteiger charge is 2.39. The van der Waals surface area contributed by atoms with Gasteiger partial charge in [0.1, 0.15) is 0 Å². The molecular formula is C10H16F3N3. The van der Waals surface area contributed by atoms with E-state index < -0.39 is 12.1 Å². The van der Waals surface area contributed by atoms with E-state index in [4.69, 9.17) is 5.26 Å². The molecule has 92 valence electrons. The number of hydrogen-bond donors (Lipinski definition) is 1. The van der Waals surface area contributed by atoms with E-state index >= 15 is 0 Å². The van der Waals surface area contributed by atoms with Crippen LogP contribution in [0, 0.1) is 17.2 Å². The van der Waals surface area contributed by atoms with E-state index in [1.807, 2.05) is 7.05 Å². The van der Waals surface area contributed by atoms with Crippen molar-refractivity contribution in [2.45, 2.75) is 25.1 Å². The van der Waals surface area contributed by atoms with Crippen molar-refractivity contribution in [1.82, 2.24) is 10.2 Å². The molecule has 0 radical (unpaired) electrons. The Morgan fingerprint density at radius 3 is 2.44 bits per heavy atom. The smallest absolute Gasteiger partial charge is 0.312 e. The lowest BCUT2D eigenvalue weighted by Gasteiger charge is -2.30. The predicted molar refractivity (Wildman–Crippen MR) is 53.7 cm³/mol. The van der Waals surface area contributed by atoms with Crippen molar-refractivity contribution in [3.05, 3.63) is 0 Å². The molecule has 1 rings (SSSR count). The van der Waals surface area contributed by atoms with Gasteiger partial charge < -0.3 is 10.2 Å². The van der Waals surface area contributed by atoms with Gasteiger partial charge in [0.25, 0.3) is 0 Å². The maximum absolute atomic E-state index is 12.3. The first-order chi connectivity index (χ1) is 7.43. The molecular weight excluding hydrogens is 219 g/mol. The second-order valence-corrected chi connectivity index (χ2v) is 4.21. The summed E-state index contributed by atoms with van der Waals surface area (Å²) in [5, 5.41) is 11.2. The topological polar surface area (TPSA) is 39.1 Å².